The van der Waals surface area contributed by atoms with E-state index in [1.807, 2.05) is 18.3 Å². The van der Waals surface area contributed by atoms with E-state index in [1.54, 1.807) is 0 Å². The number of nitrogens with two attached hydrogens (primary N) is 1. The Morgan fingerprint density at radius 2 is 2.29 bits per heavy atom. The highest BCUT2D eigenvalue weighted by atomic mass is 79.9. The molecule has 1 aromatic carbocycles. The second-order valence-electron chi connectivity index (χ2n) is 3.55. The molecular formula is C11H12BrNS. The summed E-state index contributed by atoms with van der Waals surface area (Å²) in [5.41, 5.74) is 5.78. The molecule has 0 aliphatic rings. The number of hydrogen-bond acceptors (Lipinski definition) is 2. The molecule has 14 heavy (non-hydrogen) atoms. The topological polar surface area (TPSA) is 26.0 Å². The number of rotatable bonds is 2. The van der Waals surface area contributed by atoms with E-state index in [9.17, 15) is 0 Å². The normalized spacial score (nSPS) is 13.4. The molecule has 2 aromatic rings. The highest BCUT2D eigenvalue weighted by Gasteiger charge is 2.05. The first-order valence-corrected chi connectivity index (χ1v) is 6.20. The minimum Gasteiger partial charge on any atom is -0.328 e. The molecule has 0 aliphatic carbocycles. The lowest BCUT2D eigenvalue weighted by Crippen LogP contribution is -2.16. The number of fused-ring (bicyclic) bond motifs is 1. The standard InChI is InChI=1S/C11H12BrNS/c1-7(13)5-9-6-8-3-2-4-10(12)11(8)14-9/h2-4,6-7H,5,13H2,1H3. The van der Waals surface area contributed by atoms with Crippen molar-refractivity contribution in [2.45, 2.75) is 19.4 Å². The van der Waals surface area contributed by atoms with Crippen LogP contribution in [-0.2, 0) is 6.42 Å². The molecule has 0 spiro atoms. The molecule has 0 radical (unpaired) electrons. The van der Waals surface area contributed by atoms with Crippen molar-refractivity contribution in [3.63, 3.8) is 0 Å². The zero-order valence-corrected chi connectivity index (χ0v) is 10.4. The molecule has 0 saturated carbocycles. The summed E-state index contributed by atoms with van der Waals surface area (Å²) in [5, 5.41) is 1.31. The SMILES string of the molecule is CC(N)Cc1cc2cccc(Br)c2s1. The molecule has 74 valence electrons. The number of thiophene rings is 1. The highest BCUT2D eigenvalue weighted by molar-refractivity contribution is 9.10. The quantitative estimate of drug-likeness (QED) is 0.887. The van der Waals surface area contributed by atoms with E-state index in [0.29, 0.717) is 0 Å². The van der Waals surface area contributed by atoms with Gasteiger partial charge in [-0.25, -0.2) is 0 Å². The van der Waals surface area contributed by atoms with Gasteiger partial charge in [-0.15, -0.1) is 11.3 Å². The van der Waals surface area contributed by atoms with Crippen molar-refractivity contribution in [1.29, 1.82) is 0 Å². The van der Waals surface area contributed by atoms with Gasteiger partial charge >= 0.3 is 0 Å². The predicted octanol–water partition coefficient (Wildman–Crippen LogP) is 3.55. The summed E-state index contributed by atoms with van der Waals surface area (Å²) in [7, 11) is 0. The van der Waals surface area contributed by atoms with E-state index in [0.717, 1.165) is 6.42 Å². The molecule has 1 unspecified atom stereocenters. The molecule has 0 saturated heterocycles. The molecule has 0 fully saturated rings. The van der Waals surface area contributed by atoms with Crippen LogP contribution in [0.3, 0.4) is 0 Å². The van der Waals surface area contributed by atoms with Gasteiger partial charge in [0.15, 0.2) is 0 Å². The lowest BCUT2D eigenvalue weighted by atomic mass is 10.2. The van der Waals surface area contributed by atoms with Gasteiger partial charge in [-0.1, -0.05) is 12.1 Å². The van der Waals surface area contributed by atoms with Gasteiger partial charge in [-0.05, 0) is 46.8 Å². The summed E-state index contributed by atoms with van der Waals surface area (Å²) in [6, 6.07) is 8.75. The first-order chi connectivity index (χ1) is 6.66. The third kappa shape index (κ3) is 2.00. The van der Waals surface area contributed by atoms with Crippen LogP contribution < -0.4 is 5.73 Å². The summed E-state index contributed by atoms with van der Waals surface area (Å²) in [5.74, 6) is 0. The van der Waals surface area contributed by atoms with Crippen LogP contribution in [0.15, 0.2) is 28.7 Å². The molecular weight excluding hydrogens is 258 g/mol. The van der Waals surface area contributed by atoms with Crippen LogP contribution >= 0.6 is 27.3 Å². The van der Waals surface area contributed by atoms with Gasteiger partial charge in [0.2, 0.25) is 0 Å². The fourth-order valence-corrected chi connectivity index (χ4v) is 3.33. The van der Waals surface area contributed by atoms with Crippen LogP contribution in [0.5, 0.6) is 0 Å². The lowest BCUT2D eigenvalue weighted by molar-refractivity contribution is 0.747. The number of benzene rings is 1. The van der Waals surface area contributed by atoms with E-state index < -0.39 is 0 Å². The molecule has 0 aliphatic heterocycles. The van der Waals surface area contributed by atoms with Crippen LogP contribution in [0.1, 0.15) is 11.8 Å². The van der Waals surface area contributed by atoms with Gasteiger partial charge in [0.1, 0.15) is 0 Å². The average molecular weight is 270 g/mol. The summed E-state index contributed by atoms with van der Waals surface area (Å²) in [6.07, 6.45) is 0.964. The largest absolute Gasteiger partial charge is 0.328 e. The molecule has 0 bridgehead atoms. The first kappa shape index (κ1) is 10.1. The minimum absolute atomic E-state index is 0.238. The fourth-order valence-electron chi connectivity index (χ4n) is 1.50. The molecule has 2 rings (SSSR count). The molecule has 3 heteroatoms. The van der Waals surface area contributed by atoms with Crippen LogP contribution in [0.2, 0.25) is 0 Å². The third-order valence-electron chi connectivity index (χ3n) is 2.07. The summed E-state index contributed by atoms with van der Waals surface area (Å²) < 4.78 is 2.50. The Morgan fingerprint density at radius 1 is 1.50 bits per heavy atom. The average Bonchev–Trinajstić information content (AvgIpc) is 2.47. The summed E-state index contributed by atoms with van der Waals surface area (Å²) >= 11 is 5.38. The van der Waals surface area contributed by atoms with Crippen LogP contribution in [0.4, 0.5) is 0 Å². The van der Waals surface area contributed by atoms with Crippen molar-refractivity contribution in [3.8, 4) is 0 Å². The van der Waals surface area contributed by atoms with Crippen molar-refractivity contribution >= 4 is 37.4 Å². The maximum absolute atomic E-state index is 5.78. The van der Waals surface area contributed by atoms with Gasteiger partial charge in [0, 0.05) is 20.1 Å². The number of halogens is 1. The van der Waals surface area contributed by atoms with E-state index >= 15 is 0 Å². The second kappa shape index (κ2) is 4.01. The highest BCUT2D eigenvalue weighted by Crippen LogP contribution is 2.32. The van der Waals surface area contributed by atoms with Crippen molar-refractivity contribution in [2.75, 3.05) is 0 Å². The summed E-state index contributed by atoms with van der Waals surface area (Å²) in [6.45, 7) is 2.04. The molecule has 0 amide bonds. The number of hydrogen-bond donors (Lipinski definition) is 1. The van der Waals surface area contributed by atoms with Crippen LogP contribution in [-0.4, -0.2) is 6.04 Å². The third-order valence-corrected chi connectivity index (χ3v) is 4.20. The Balaban J connectivity index is 2.46. The second-order valence-corrected chi connectivity index (χ2v) is 5.54. The Kier molecular flexibility index (Phi) is 2.91. The Bertz CT molecular complexity index is 447. The van der Waals surface area contributed by atoms with Crippen molar-refractivity contribution in [1.82, 2.24) is 0 Å². The Hall–Kier alpha value is -0.380. The van der Waals surface area contributed by atoms with Crippen molar-refractivity contribution in [3.05, 3.63) is 33.6 Å². The molecule has 2 N–H and O–H groups in total. The maximum atomic E-state index is 5.78. The van der Waals surface area contributed by atoms with E-state index in [-0.39, 0.29) is 6.04 Å². The summed E-state index contributed by atoms with van der Waals surface area (Å²) in [4.78, 5) is 1.36. The van der Waals surface area contributed by atoms with E-state index in [2.05, 4.69) is 40.2 Å². The Labute approximate surface area is 96.1 Å². The predicted molar refractivity (Wildman–Crippen MR) is 66.9 cm³/mol. The lowest BCUT2D eigenvalue weighted by Gasteiger charge is -1.99. The van der Waals surface area contributed by atoms with E-state index in [4.69, 9.17) is 5.73 Å². The Morgan fingerprint density at radius 3 is 2.93 bits per heavy atom. The van der Waals surface area contributed by atoms with Gasteiger partial charge < -0.3 is 5.73 Å². The van der Waals surface area contributed by atoms with Crippen molar-refractivity contribution in [2.24, 2.45) is 5.73 Å². The fraction of sp³-hybridized carbons (Fsp3) is 0.273. The molecule has 1 nitrogen and oxygen atoms in total. The van der Waals surface area contributed by atoms with E-state index in [1.165, 1.54) is 19.4 Å². The van der Waals surface area contributed by atoms with Gasteiger partial charge in [-0.3, -0.25) is 0 Å². The molecule has 1 aromatic heterocycles. The van der Waals surface area contributed by atoms with Crippen molar-refractivity contribution < 1.29 is 0 Å². The van der Waals surface area contributed by atoms with Gasteiger partial charge in [0.25, 0.3) is 0 Å². The molecule has 1 heterocycles. The zero-order chi connectivity index (χ0) is 10.1. The van der Waals surface area contributed by atoms with Gasteiger partial charge in [-0.2, -0.15) is 0 Å². The van der Waals surface area contributed by atoms with Gasteiger partial charge in [0.05, 0.1) is 0 Å². The smallest absolute Gasteiger partial charge is 0.0487 e. The first-order valence-electron chi connectivity index (χ1n) is 4.59. The molecule has 1 atom stereocenters. The maximum Gasteiger partial charge on any atom is 0.0487 e. The zero-order valence-electron chi connectivity index (χ0n) is 7.96. The minimum atomic E-state index is 0.238. The monoisotopic (exact) mass is 269 g/mol. The van der Waals surface area contributed by atoms with Crippen LogP contribution in [0.25, 0.3) is 10.1 Å². The van der Waals surface area contributed by atoms with Crippen LogP contribution in [0, 0.1) is 0 Å².